The number of rotatable bonds is 5. The van der Waals surface area contributed by atoms with Crippen molar-refractivity contribution in [2.75, 3.05) is 11.5 Å². The molecule has 1 heterocycles. The molecule has 0 spiro atoms. The zero-order valence-electron chi connectivity index (χ0n) is 13.5. The number of carboxylic acids is 1. The monoisotopic (exact) mass is 467 g/mol. The largest absolute Gasteiger partial charge is 0.481 e. The Kier molecular flexibility index (Phi) is 5.88. The van der Waals surface area contributed by atoms with E-state index in [1.54, 1.807) is 36.4 Å². The molecule has 0 radical (unpaired) electrons. The van der Waals surface area contributed by atoms with Gasteiger partial charge in [-0.25, -0.2) is 9.69 Å². The van der Waals surface area contributed by atoms with Gasteiger partial charge in [-0.1, -0.05) is 33.6 Å². The van der Waals surface area contributed by atoms with Gasteiger partial charge in [0.1, 0.15) is 5.75 Å². The number of carbonyl (C=O) groups excluding carboxylic acids is 2. The number of carboxylic acid groups (broad SMARTS) is 1. The van der Waals surface area contributed by atoms with Crippen molar-refractivity contribution in [2.24, 2.45) is 0 Å². The highest BCUT2D eigenvalue weighted by atomic mass is 79.9. The van der Waals surface area contributed by atoms with Crippen LogP contribution >= 0.6 is 39.3 Å². The molecule has 6 nitrogen and oxygen atoms in total. The SMILES string of the molecule is O=C(O)COc1ccc(Br)cc1C=C1SC(=O)N(c2cccc(Cl)c2)C1=O. The molecule has 0 atom stereocenters. The Labute approximate surface area is 171 Å². The second kappa shape index (κ2) is 8.16. The lowest BCUT2D eigenvalue weighted by Gasteiger charge is -2.12. The number of hydrogen-bond donors (Lipinski definition) is 1. The first-order valence-corrected chi connectivity index (χ1v) is 9.51. The highest BCUT2D eigenvalue weighted by molar-refractivity contribution is 9.10. The number of hydrogen-bond acceptors (Lipinski definition) is 5. The van der Waals surface area contributed by atoms with Gasteiger partial charge in [0.05, 0.1) is 10.6 Å². The van der Waals surface area contributed by atoms with Crippen molar-refractivity contribution in [3.63, 3.8) is 0 Å². The number of benzene rings is 2. The standard InChI is InChI=1S/C18H11BrClNO5S/c19-11-4-5-14(26-9-16(22)23)10(6-11)7-15-17(24)21(18(25)27-15)13-3-1-2-12(20)8-13/h1-8H,9H2,(H,22,23). The first-order chi connectivity index (χ1) is 12.8. The van der Waals surface area contributed by atoms with Crippen LogP contribution in [0.4, 0.5) is 10.5 Å². The average Bonchev–Trinajstić information content (AvgIpc) is 2.87. The summed E-state index contributed by atoms with van der Waals surface area (Å²) in [7, 11) is 0. The fourth-order valence-electron chi connectivity index (χ4n) is 2.35. The van der Waals surface area contributed by atoms with E-state index >= 15 is 0 Å². The van der Waals surface area contributed by atoms with Crippen LogP contribution in [0.15, 0.2) is 51.8 Å². The van der Waals surface area contributed by atoms with E-state index in [1.165, 1.54) is 12.1 Å². The molecule has 1 saturated heterocycles. The summed E-state index contributed by atoms with van der Waals surface area (Å²) < 4.78 is 5.97. The maximum Gasteiger partial charge on any atom is 0.341 e. The molecule has 0 unspecified atom stereocenters. The number of halogens is 2. The summed E-state index contributed by atoms with van der Waals surface area (Å²) in [6.45, 7) is -0.521. The third kappa shape index (κ3) is 4.52. The molecule has 1 N–H and O–H groups in total. The van der Waals surface area contributed by atoms with E-state index in [0.29, 0.717) is 20.7 Å². The number of anilines is 1. The van der Waals surface area contributed by atoms with E-state index in [0.717, 1.165) is 16.7 Å². The van der Waals surface area contributed by atoms with Crippen LogP contribution in [-0.4, -0.2) is 28.8 Å². The predicted octanol–water partition coefficient (Wildman–Crippen LogP) is 4.81. The zero-order valence-corrected chi connectivity index (χ0v) is 16.7. The van der Waals surface area contributed by atoms with E-state index in [-0.39, 0.29) is 10.7 Å². The van der Waals surface area contributed by atoms with Gasteiger partial charge < -0.3 is 9.84 Å². The minimum atomic E-state index is -1.12. The number of aliphatic carboxylic acids is 1. The minimum Gasteiger partial charge on any atom is -0.481 e. The van der Waals surface area contributed by atoms with E-state index in [1.807, 2.05) is 0 Å². The molecule has 2 aromatic rings. The summed E-state index contributed by atoms with van der Waals surface area (Å²) in [5.74, 6) is -1.32. The Bertz CT molecular complexity index is 978. The zero-order chi connectivity index (χ0) is 19.6. The molecule has 2 aromatic carbocycles. The highest BCUT2D eigenvalue weighted by Gasteiger charge is 2.36. The van der Waals surface area contributed by atoms with E-state index < -0.39 is 23.7 Å². The van der Waals surface area contributed by atoms with Gasteiger partial charge in [-0.2, -0.15) is 0 Å². The van der Waals surface area contributed by atoms with Crippen molar-refractivity contribution in [1.29, 1.82) is 0 Å². The van der Waals surface area contributed by atoms with Crippen LogP contribution in [0.1, 0.15) is 5.56 Å². The Balaban J connectivity index is 1.94. The van der Waals surface area contributed by atoms with Crippen LogP contribution in [-0.2, 0) is 9.59 Å². The van der Waals surface area contributed by atoms with Gasteiger partial charge in [-0.05, 0) is 54.2 Å². The number of nitrogens with zero attached hydrogens (tertiary/aromatic N) is 1. The van der Waals surface area contributed by atoms with Gasteiger partial charge in [-0.3, -0.25) is 9.59 Å². The smallest absolute Gasteiger partial charge is 0.341 e. The van der Waals surface area contributed by atoms with Crippen molar-refractivity contribution in [3.05, 3.63) is 62.4 Å². The molecule has 0 aliphatic carbocycles. The number of ether oxygens (including phenoxy) is 1. The lowest BCUT2D eigenvalue weighted by molar-refractivity contribution is -0.139. The Hall–Kier alpha value is -2.29. The van der Waals surface area contributed by atoms with Crippen LogP contribution in [0.25, 0.3) is 6.08 Å². The molecule has 0 aromatic heterocycles. The van der Waals surface area contributed by atoms with Crippen LogP contribution in [0.5, 0.6) is 5.75 Å². The number of amides is 2. The van der Waals surface area contributed by atoms with Crippen LogP contribution in [0, 0.1) is 0 Å². The molecule has 1 aliphatic rings. The van der Waals surface area contributed by atoms with Crippen molar-refractivity contribution in [1.82, 2.24) is 0 Å². The van der Waals surface area contributed by atoms with Crippen molar-refractivity contribution >= 4 is 68.2 Å². The van der Waals surface area contributed by atoms with Crippen molar-refractivity contribution < 1.29 is 24.2 Å². The van der Waals surface area contributed by atoms with Crippen molar-refractivity contribution in [3.8, 4) is 5.75 Å². The Morgan fingerprint density at radius 1 is 1.26 bits per heavy atom. The summed E-state index contributed by atoms with van der Waals surface area (Å²) in [5.41, 5.74) is 0.854. The summed E-state index contributed by atoms with van der Waals surface area (Å²) in [6.07, 6.45) is 1.50. The van der Waals surface area contributed by atoms with Gasteiger partial charge in [0.25, 0.3) is 11.1 Å². The van der Waals surface area contributed by atoms with E-state index in [2.05, 4.69) is 15.9 Å². The number of imide groups is 1. The van der Waals surface area contributed by atoms with Gasteiger partial charge in [0, 0.05) is 15.1 Å². The molecule has 3 rings (SSSR count). The first kappa shape index (κ1) is 19.5. The van der Waals surface area contributed by atoms with E-state index in [9.17, 15) is 14.4 Å². The van der Waals surface area contributed by atoms with Gasteiger partial charge in [-0.15, -0.1) is 0 Å². The lowest BCUT2D eigenvalue weighted by atomic mass is 10.2. The maximum absolute atomic E-state index is 12.7. The molecule has 2 amide bonds. The molecule has 9 heteroatoms. The fourth-order valence-corrected chi connectivity index (χ4v) is 3.75. The Morgan fingerprint density at radius 2 is 2.04 bits per heavy atom. The second-order valence-corrected chi connectivity index (χ2v) is 7.71. The van der Waals surface area contributed by atoms with Crippen molar-refractivity contribution in [2.45, 2.75) is 0 Å². The summed E-state index contributed by atoms with van der Waals surface area (Å²) >= 11 is 10.1. The highest BCUT2D eigenvalue weighted by Crippen LogP contribution is 2.37. The predicted molar refractivity (Wildman–Crippen MR) is 107 cm³/mol. The van der Waals surface area contributed by atoms with Crippen LogP contribution in [0.2, 0.25) is 5.02 Å². The quantitative estimate of drug-likeness (QED) is 0.634. The summed E-state index contributed by atoms with van der Waals surface area (Å²) in [6, 6.07) is 11.4. The molecular weight excluding hydrogens is 458 g/mol. The van der Waals surface area contributed by atoms with Gasteiger partial charge in [0.15, 0.2) is 6.61 Å². The maximum atomic E-state index is 12.7. The van der Waals surface area contributed by atoms with Crippen LogP contribution in [0.3, 0.4) is 0 Å². The number of carbonyl (C=O) groups is 3. The minimum absolute atomic E-state index is 0.193. The molecule has 1 fully saturated rings. The molecule has 1 aliphatic heterocycles. The Morgan fingerprint density at radius 3 is 2.74 bits per heavy atom. The average molecular weight is 469 g/mol. The fraction of sp³-hybridized carbons (Fsp3) is 0.0556. The molecule has 138 valence electrons. The van der Waals surface area contributed by atoms with Gasteiger partial charge in [0.2, 0.25) is 0 Å². The third-order valence-electron chi connectivity index (χ3n) is 3.47. The second-order valence-electron chi connectivity index (χ2n) is 5.36. The lowest BCUT2D eigenvalue weighted by Crippen LogP contribution is -2.27. The molecule has 0 saturated carbocycles. The summed E-state index contributed by atoms with van der Waals surface area (Å²) in [4.78, 5) is 37.0. The molecule has 27 heavy (non-hydrogen) atoms. The summed E-state index contributed by atoms with van der Waals surface area (Å²) in [5, 5.41) is 8.76. The van der Waals surface area contributed by atoms with E-state index in [4.69, 9.17) is 21.4 Å². The third-order valence-corrected chi connectivity index (χ3v) is 5.07. The normalized spacial score (nSPS) is 15.5. The molecular formula is C18H11BrClNO5S. The van der Waals surface area contributed by atoms with Gasteiger partial charge >= 0.3 is 5.97 Å². The van der Waals surface area contributed by atoms with Crippen LogP contribution < -0.4 is 9.64 Å². The number of thioether (sulfide) groups is 1. The molecule has 0 bridgehead atoms. The first-order valence-electron chi connectivity index (χ1n) is 7.53. The topological polar surface area (TPSA) is 83.9 Å².